The molecule has 0 saturated carbocycles. The molecule has 242 valence electrons. The van der Waals surface area contributed by atoms with Crippen LogP contribution in [0.25, 0.3) is 11.0 Å². The third-order valence-electron chi connectivity index (χ3n) is 7.74. The first-order valence-corrected chi connectivity index (χ1v) is 16.3. The topological polar surface area (TPSA) is 133 Å². The Kier molecular flexibility index (Phi) is 11.2. The third-order valence-corrected chi connectivity index (χ3v) is 9.29. The minimum absolute atomic E-state index is 0. The van der Waals surface area contributed by atoms with Gasteiger partial charge >= 0.3 is 16.3 Å². The van der Waals surface area contributed by atoms with Crippen LogP contribution in [0.2, 0.25) is 0 Å². The van der Waals surface area contributed by atoms with Crippen molar-refractivity contribution in [2.75, 3.05) is 19.6 Å². The van der Waals surface area contributed by atoms with E-state index in [0.717, 1.165) is 40.6 Å². The number of carbonyl (C=O) groups is 1. The molecule has 5 rings (SSSR count). The summed E-state index contributed by atoms with van der Waals surface area (Å²) in [5.41, 5.74) is 5.31. The molecule has 1 atom stereocenters. The summed E-state index contributed by atoms with van der Waals surface area (Å²) in [5.74, 6) is 0.473. The number of nitrogens with zero attached hydrogens (tertiary/aromatic N) is 4. The Morgan fingerprint density at radius 2 is 1.96 bits per heavy atom. The number of fused-ring (bicyclic) bond motifs is 2. The second-order valence-corrected chi connectivity index (χ2v) is 12.5. The van der Waals surface area contributed by atoms with Gasteiger partial charge in [0.05, 0.1) is 25.7 Å². The van der Waals surface area contributed by atoms with Gasteiger partial charge in [-0.2, -0.15) is 12.7 Å². The predicted octanol–water partition coefficient (Wildman–Crippen LogP) is 5.62. The van der Waals surface area contributed by atoms with Crippen LogP contribution in [-0.2, 0) is 39.5 Å². The van der Waals surface area contributed by atoms with Gasteiger partial charge in [-0.1, -0.05) is 23.4 Å². The van der Waals surface area contributed by atoms with Gasteiger partial charge in [0.15, 0.2) is 0 Å². The van der Waals surface area contributed by atoms with Gasteiger partial charge in [0.1, 0.15) is 22.8 Å². The second kappa shape index (κ2) is 14.7. The molecule has 1 aromatic heterocycles. The third kappa shape index (κ3) is 7.46. The van der Waals surface area contributed by atoms with Crippen LogP contribution in [0.5, 0.6) is 17.2 Å². The monoisotopic (exact) mass is 678 g/mol. The number of unbranched alkanes of at least 4 members (excludes halogenated alkanes) is 1. The molecule has 0 bridgehead atoms. The van der Waals surface area contributed by atoms with E-state index >= 15 is 0 Å². The number of aromatic hydroxyl groups is 1. The van der Waals surface area contributed by atoms with Crippen molar-refractivity contribution in [2.24, 2.45) is 0 Å². The van der Waals surface area contributed by atoms with E-state index < -0.39 is 16.2 Å². The van der Waals surface area contributed by atoms with Gasteiger partial charge in [-0.15, -0.1) is 29.1 Å². The standard InChI is InChI=1S/C31H35ClN4O7S.ClH/c1-4-42-30(38)17-26(25-9-10-27-31(20(25)2)33-34-36(27)14-6-5-13-32)21-7-11-28(41-3)22(15-21)18-35-19-23-16-24(37)8-12-29(23)43-44(35,39)40;/h7-12,15-16,26,37H,4-6,13-14,17-19H2,1-3H3;1H. The zero-order chi connectivity index (χ0) is 31.4. The Bertz CT molecular complexity index is 1780. The summed E-state index contributed by atoms with van der Waals surface area (Å²) < 4.78 is 45.4. The molecule has 0 amide bonds. The van der Waals surface area contributed by atoms with Crippen LogP contribution < -0.4 is 8.92 Å². The predicted molar refractivity (Wildman–Crippen MR) is 172 cm³/mol. The van der Waals surface area contributed by atoms with E-state index in [9.17, 15) is 18.3 Å². The SMILES string of the molecule is CCOC(=O)CC(c1ccc(OC)c(CN2Cc3cc(O)ccc3OS2(=O)=O)c1)c1ccc2c(nnn2CCCCCl)c1C.Cl. The van der Waals surface area contributed by atoms with E-state index in [2.05, 4.69) is 10.3 Å². The fraction of sp³-hybridized carbons (Fsp3) is 0.387. The lowest BCUT2D eigenvalue weighted by Gasteiger charge is -2.28. The molecule has 3 aromatic carbocycles. The van der Waals surface area contributed by atoms with E-state index in [1.807, 2.05) is 35.9 Å². The number of methoxy groups -OCH3 is 1. The molecule has 0 saturated heterocycles. The lowest BCUT2D eigenvalue weighted by molar-refractivity contribution is -0.143. The highest BCUT2D eigenvalue weighted by Crippen LogP contribution is 2.38. The minimum Gasteiger partial charge on any atom is -0.508 e. The number of aromatic nitrogens is 3. The summed E-state index contributed by atoms with van der Waals surface area (Å²) in [5, 5.41) is 18.7. The molecule has 0 aliphatic carbocycles. The fourth-order valence-corrected chi connectivity index (χ4v) is 6.82. The van der Waals surface area contributed by atoms with Crippen molar-refractivity contribution < 1.29 is 32.0 Å². The number of phenolic OH excluding ortho intramolecular Hbond substituents is 1. The molecule has 4 aromatic rings. The number of hydrogen-bond acceptors (Lipinski definition) is 9. The van der Waals surface area contributed by atoms with Gasteiger partial charge in [-0.25, -0.2) is 4.68 Å². The number of alkyl halides is 1. The molecule has 0 spiro atoms. The molecular formula is C31H36Cl2N4O7S. The average molecular weight is 680 g/mol. The Labute approximate surface area is 273 Å². The van der Waals surface area contributed by atoms with Gasteiger partial charge in [-0.3, -0.25) is 4.79 Å². The highest BCUT2D eigenvalue weighted by Gasteiger charge is 2.33. The van der Waals surface area contributed by atoms with E-state index in [1.165, 1.54) is 29.6 Å². The summed E-state index contributed by atoms with van der Waals surface area (Å²) >= 11 is 5.85. The maximum Gasteiger partial charge on any atom is 0.385 e. The Morgan fingerprint density at radius 1 is 1.16 bits per heavy atom. The number of carbonyl (C=O) groups excluding carboxylic acids is 1. The van der Waals surface area contributed by atoms with Crippen LogP contribution in [0, 0.1) is 6.92 Å². The number of aryl methyl sites for hydroxylation is 2. The van der Waals surface area contributed by atoms with Gasteiger partial charge in [0.25, 0.3) is 0 Å². The van der Waals surface area contributed by atoms with E-state index in [0.29, 0.717) is 29.3 Å². The molecule has 0 radical (unpaired) electrons. The molecule has 14 heteroatoms. The number of benzene rings is 3. The van der Waals surface area contributed by atoms with E-state index in [4.69, 9.17) is 25.3 Å². The van der Waals surface area contributed by atoms with Crippen LogP contribution in [0.3, 0.4) is 0 Å². The van der Waals surface area contributed by atoms with Crippen LogP contribution in [0.1, 0.15) is 59.9 Å². The van der Waals surface area contributed by atoms with E-state index in [-0.39, 0.29) is 56.0 Å². The van der Waals surface area contributed by atoms with Crippen LogP contribution >= 0.6 is 24.0 Å². The maximum absolute atomic E-state index is 13.1. The lowest BCUT2D eigenvalue weighted by Crippen LogP contribution is -2.37. The van der Waals surface area contributed by atoms with Crippen molar-refractivity contribution in [3.8, 4) is 17.2 Å². The highest BCUT2D eigenvalue weighted by atomic mass is 35.5. The summed E-state index contributed by atoms with van der Waals surface area (Å²) in [4.78, 5) is 12.9. The van der Waals surface area contributed by atoms with Crippen LogP contribution in [0.15, 0.2) is 48.5 Å². The Morgan fingerprint density at radius 3 is 2.69 bits per heavy atom. The second-order valence-electron chi connectivity index (χ2n) is 10.6. The van der Waals surface area contributed by atoms with Crippen molar-refractivity contribution in [3.05, 3.63) is 76.3 Å². The molecule has 1 aliphatic heterocycles. The quantitative estimate of drug-likeness (QED) is 0.115. The first-order chi connectivity index (χ1) is 21.1. The van der Waals surface area contributed by atoms with Gasteiger partial charge < -0.3 is 18.8 Å². The Balaban J connectivity index is 0.00000461. The summed E-state index contributed by atoms with van der Waals surface area (Å²) in [6, 6.07) is 13.7. The zero-order valence-corrected chi connectivity index (χ0v) is 27.6. The molecule has 0 fully saturated rings. The number of esters is 1. The summed E-state index contributed by atoms with van der Waals surface area (Å²) in [6.45, 7) is 4.61. The normalized spacial score (nSPS) is 14.7. The number of hydrogen-bond donors (Lipinski definition) is 1. The minimum atomic E-state index is -4.12. The summed E-state index contributed by atoms with van der Waals surface area (Å²) in [6.07, 6.45) is 1.82. The fourth-order valence-electron chi connectivity index (χ4n) is 5.55. The zero-order valence-electron chi connectivity index (χ0n) is 25.2. The van der Waals surface area contributed by atoms with Crippen LogP contribution in [0.4, 0.5) is 0 Å². The molecule has 11 nitrogen and oxygen atoms in total. The Hall–Kier alpha value is -3.58. The first-order valence-electron chi connectivity index (χ1n) is 14.4. The average Bonchev–Trinajstić information content (AvgIpc) is 3.41. The molecule has 1 aliphatic rings. The first kappa shape index (κ1) is 34.3. The largest absolute Gasteiger partial charge is 0.508 e. The number of halogens is 2. The smallest absolute Gasteiger partial charge is 0.385 e. The van der Waals surface area contributed by atoms with Gasteiger partial charge in [0, 0.05) is 42.6 Å². The van der Waals surface area contributed by atoms with Crippen molar-refractivity contribution >= 4 is 51.3 Å². The van der Waals surface area contributed by atoms with Crippen molar-refractivity contribution in [1.82, 2.24) is 19.3 Å². The number of ether oxygens (including phenoxy) is 2. The molecule has 1 unspecified atom stereocenters. The maximum atomic E-state index is 13.1. The number of phenols is 1. The van der Waals surface area contributed by atoms with Crippen molar-refractivity contribution in [2.45, 2.75) is 58.7 Å². The highest BCUT2D eigenvalue weighted by molar-refractivity contribution is 7.84. The number of rotatable bonds is 12. The molecule has 2 heterocycles. The van der Waals surface area contributed by atoms with Gasteiger partial charge in [-0.05, 0) is 73.7 Å². The van der Waals surface area contributed by atoms with E-state index in [1.54, 1.807) is 13.0 Å². The molecule has 45 heavy (non-hydrogen) atoms. The van der Waals surface area contributed by atoms with Crippen molar-refractivity contribution in [3.63, 3.8) is 0 Å². The molecular weight excluding hydrogens is 643 g/mol. The lowest BCUT2D eigenvalue weighted by atomic mass is 9.84. The molecule has 1 N–H and O–H groups in total. The van der Waals surface area contributed by atoms with Gasteiger partial charge in [0.2, 0.25) is 0 Å². The summed E-state index contributed by atoms with van der Waals surface area (Å²) in [7, 11) is -2.61. The van der Waals surface area contributed by atoms with Crippen molar-refractivity contribution in [1.29, 1.82) is 0 Å². The van der Waals surface area contributed by atoms with Crippen LogP contribution in [-0.4, -0.2) is 58.4 Å².